The number of aromatic hydroxyl groups is 1. The molecule has 0 aliphatic heterocycles. The molecule has 114 valence electrons. The van der Waals surface area contributed by atoms with E-state index in [4.69, 9.17) is 0 Å². The smallest absolute Gasteiger partial charge is 0.178 e. The fourth-order valence-electron chi connectivity index (χ4n) is 2.48. The van der Waals surface area contributed by atoms with Crippen LogP contribution in [0.4, 0.5) is 0 Å². The van der Waals surface area contributed by atoms with E-state index in [-0.39, 0.29) is 11.5 Å². The molecule has 0 spiro atoms. The summed E-state index contributed by atoms with van der Waals surface area (Å²) in [6.45, 7) is 0. The van der Waals surface area contributed by atoms with Crippen LogP contribution in [0.25, 0.3) is 5.57 Å². The van der Waals surface area contributed by atoms with E-state index in [0.29, 0.717) is 12.0 Å². The summed E-state index contributed by atoms with van der Waals surface area (Å²) in [5.74, 6) is 0.136. The molecule has 0 amide bonds. The number of carbonyl (C=O) groups excluding carboxylic acids is 1. The second-order valence-electron chi connectivity index (χ2n) is 5.03. The number of hydrogen-bond donors (Lipinski definition) is 2. The van der Waals surface area contributed by atoms with Crippen LogP contribution in [-0.4, -0.2) is 15.4 Å². The van der Waals surface area contributed by atoms with Gasteiger partial charge in [-0.2, -0.15) is 0 Å². The SMILES string of the molecule is O=C1C=CC(=C(c2ccc(O)cc2)c2ccccc2SO)C=C1. The van der Waals surface area contributed by atoms with Gasteiger partial charge in [-0.25, -0.2) is 0 Å². The molecular formula is C19H14O3S. The summed E-state index contributed by atoms with van der Waals surface area (Å²) in [4.78, 5) is 12.1. The fraction of sp³-hybridized carbons (Fsp3) is 0. The van der Waals surface area contributed by atoms with Crippen LogP contribution in [0.3, 0.4) is 0 Å². The second-order valence-corrected chi connectivity index (χ2v) is 5.66. The highest BCUT2D eigenvalue weighted by Crippen LogP contribution is 2.35. The van der Waals surface area contributed by atoms with Gasteiger partial charge in [0.15, 0.2) is 5.78 Å². The number of allylic oxidation sites excluding steroid dienone is 5. The summed E-state index contributed by atoms with van der Waals surface area (Å²) in [7, 11) is 0. The molecule has 1 aliphatic rings. The average Bonchev–Trinajstić information content (AvgIpc) is 2.59. The average molecular weight is 322 g/mol. The number of phenols is 1. The van der Waals surface area contributed by atoms with Crippen LogP contribution >= 0.6 is 12.0 Å². The molecule has 2 aromatic carbocycles. The van der Waals surface area contributed by atoms with Crippen LogP contribution in [0, 0.1) is 0 Å². The van der Waals surface area contributed by atoms with Gasteiger partial charge in [0.25, 0.3) is 0 Å². The van der Waals surface area contributed by atoms with Crippen LogP contribution in [-0.2, 0) is 4.79 Å². The van der Waals surface area contributed by atoms with Gasteiger partial charge >= 0.3 is 0 Å². The van der Waals surface area contributed by atoms with E-state index in [1.54, 1.807) is 24.3 Å². The molecule has 0 saturated heterocycles. The third-order valence-corrected chi connectivity index (χ3v) is 4.11. The molecule has 3 rings (SSSR count). The van der Waals surface area contributed by atoms with Crippen LogP contribution in [0.15, 0.2) is 83.3 Å². The summed E-state index contributed by atoms with van der Waals surface area (Å²) in [6.07, 6.45) is 6.57. The Labute approximate surface area is 138 Å². The topological polar surface area (TPSA) is 57.5 Å². The van der Waals surface area contributed by atoms with Crippen molar-refractivity contribution >= 4 is 23.4 Å². The summed E-state index contributed by atoms with van der Waals surface area (Å²) in [5.41, 5.74) is 3.52. The Bertz CT molecular complexity index is 812. The van der Waals surface area contributed by atoms with Crippen molar-refractivity contribution in [2.75, 3.05) is 0 Å². The summed E-state index contributed by atoms with van der Waals surface area (Å²) in [5, 5.41) is 9.52. The summed E-state index contributed by atoms with van der Waals surface area (Å²) >= 11 is 0.687. The zero-order valence-electron chi connectivity index (χ0n) is 12.1. The third-order valence-electron chi connectivity index (χ3n) is 3.55. The molecule has 2 N–H and O–H groups in total. The predicted octanol–water partition coefficient (Wildman–Crippen LogP) is 4.45. The molecule has 0 fully saturated rings. The maximum Gasteiger partial charge on any atom is 0.178 e. The molecular weight excluding hydrogens is 308 g/mol. The first kappa shape index (κ1) is 15.3. The lowest BCUT2D eigenvalue weighted by atomic mass is 9.91. The lowest BCUT2D eigenvalue weighted by Crippen LogP contribution is -1.98. The van der Waals surface area contributed by atoms with Crippen LogP contribution in [0.5, 0.6) is 5.75 Å². The number of ketones is 1. The quantitative estimate of drug-likeness (QED) is 0.820. The first-order valence-corrected chi connectivity index (χ1v) is 7.81. The molecule has 1 aliphatic carbocycles. The molecule has 0 atom stereocenters. The molecule has 2 aromatic rings. The Balaban J connectivity index is 2.25. The Morgan fingerprint density at radius 1 is 0.870 bits per heavy atom. The van der Waals surface area contributed by atoms with Crippen LogP contribution < -0.4 is 0 Å². The van der Waals surface area contributed by atoms with Crippen molar-refractivity contribution < 1.29 is 14.5 Å². The number of benzene rings is 2. The summed E-state index contributed by atoms with van der Waals surface area (Å²) < 4.78 is 9.56. The van der Waals surface area contributed by atoms with Gasteiger partial charge in [-0.05, 0) is 52.6 Å². The fourth-order valence-corrected chi connectivity index (χ4v) is 2.89. The van der Waals surface area contributed by atoms with E-state index < -0.39 is 0 Å². The Morgan fingerprint density at radius 3 is 2.17 bits per heavy atom. The highest BCUT2D eigenvalue weighted by Gasteiger charge is 2.15. The van der Waals surface area contributed by atoms with E-state index in [9.17, 15) is 14.5 Å². The maximum atomic E-state index is 11.4. The van der Waals surface area contributed by atoms with Crippen molar-refractivity contribution in [3.8, 4) is 5.75 Å². The minimum atomic E-state index is -0.0522. The van der Waals surface area contributed by atoms with Crippen molar-refractivity contribution in [1.29, 1.82) is 0 Å². The van der Waals surface area contributed by atoms with Gasteiger partial charge in [0.1, 0.15) is 5.75 Å². The lowest BCUT2D eigenvalue weighted by molar-refractivity contribution is -0.110. The molecule has 0 bridgehead atoms. The first-order chi connectivity index (χ1) is 11.2. The Hall–Kier alpha value is -2.56. The maximum absolute atomic E-state index is 11.4. The third kappa shape index (κ3) is 3.28. The monoisotopic (exact) mass is 322 g/mol. The van der Waals surface area contributed by atoms with Gasteiger partial charge in [-0.1, -0.05) is 42.5 Å². The number of carbonyl (C=O) groups is 1. The molecule has 3 nitrogen and oxygen atoms in total. The van der Waals surface area contributed by atoms with Gasteiger partial charge in [-0.15, -0.1) is 0 Å². The van der Waals surface area contributed by atoms with Crippen molar-refractivity contribution in [3.63, 3.8) is 0 Å². The van der Waals surface area contributed by atoms with E-state index >= 15 is 0 Å². The lowest BCUT2D eigenvalue weighted by Gasteiger charge is -2.15. The van der Waals surface area contributed by atoms with E-state index in [2.05, 4.69) is 0 Å². The normalized spacial score (nSPS) is 13.4. The Kier molecular flexibility index (Phi) is 4.46. The van der Waals surface area contributed by atoms with E-state index in [0.717, 1.165) is 27.2 Å². The highest BCUT2D eigenvalue weighted by molar-refractivity contribution is 7.93. The second kappa shape index (κ2) is 6.69. The first-order valence-electron chi connectivity index (χ1n) is 7.03. The number of hydrogen-bond acceptors (Lipinski definition) is 4. The standard InChI is InChI=1S/C19H14O3S/c20-15-9-5-13(6-10-15)19(14-7-11-16(21)12-8-14)17-3-1-2-4-18(17)23-22/h1-12,20,22H. The van der Waals surface area contributed by atoms with Gasteiger partial charge in [0, 0.05) is 16.9 Å². The molecule has 4 heteroatoms. The van der Waals surface area contributed by atoms with Crippen LogP contribution in [0.1, 0.15) is 11.1 Å². The van der Waals surface area contributed by atoms with Gasteiger partial charge in [0.05, 0.1) is 0 Å². The molecule has 23 heavy (non-hydrogen) atoms. The Morgan fingerprint density at radius 2 is 1.52 bits per heavy atom. The van der Waals surface area contributed by atoms with Gasteiger partial charge in [0.2, 0.25) is 0 Å². The zero-order valence-corrected chi connectivity index (χ0v) is 13.0. The number of phenolic OH excluding ortho intramolecular Hbond substituents is 1. The minimum absolute atomic E-state index is 0.0522. The minimum Gasteiger partial charge on any atom is -0.508 e. The van der Waals surface area contributed by atoms with Crippen molar-refractivity contribution in [3.05, 3.63) is 89.5 Å². The van der Waals surface area contributed by atoms with Gasteiger partial charge in [-0.3, -0.25) is 4.79 Å². The molecule has 0 saturated carbocycles. The predicted molar refractivity (Wildman–Crippen MR) is 92.3 cm³/mol. The zero-order chi connectivity index (χ0) is 16.2. The number of rotatable bonds is 3. The van der Waals surface area contributed by atoms with Crippen LogP contribution in [0.2, 0.25) is 0 Å². The molecule has 0 unspecified atom stereocenters. The van der Waals surface area contributed by atoms with E-state index in [1.165, 1.54) is 12.2 Å². The molecule has 0 radical (unpaired) electrons. The van der Waals surface area contributed by atoms with Crippen molar-refractivity contribution in [2.45, 2.75) is 4.90 Å². The summed E-state index contributed by atoms with van der Waals surface area (Å²) in [6, 6.07) is 14.4. The molecule has 0 heterocycles. The van der Waals surface area contributed by atoms with E-state index in [1.807, 2.05) is 36.4 Å². The highest BCUT2D eigenvalue weighted by atomic mass is 32.2. The molecule has 0 aromatic heterocycles. The van der Waals surface area contributed by atoms with Crippen molar-refractivity contribution in [2.24, 2.45) is 0 Å². The van der Waals surface area contributed by atoms with Gasteiger partial charge < -0.3 is 9.66 Å². The van der Waals surface area contributed by atoms with Crippen molar-refractivity contribution in [1.82, 2.24) is 0 Å². The largest absolute Gasteiger partial charge is 0.508 e.